The molecule has 110 valence electrons. The quantitative estimate of drug-likeness (QED) is 0.647. The van der Waals surface area contributed by atoms with Crippen LogP contribution in [-0.2, 0) is 4.79 Å². The lowest BCUT2D eigenvalue weighted by atomic mass is 9.97. The second-order valence-corrected chi connectivity index (χ2v) is 5.82. The molecule has 5 heteroatoms. The van der Waals surface area contributed by atoms with Crippen molar-refractivity contribution in [2.24, 2.45) is 11.8 Å². The number of hydrogen-bond acceptors (Lipinski definition) is 4. The molecule has 0 aromatic rings. The zero-order valence-electron chi connectivity index (χ0n) is 11.7. The van der Waals surface area contributed by atoms with Gasteiger partial charge in [0.1, 0.15) is 0 Å². The third-order valence-electron chi connectivity index (χ3n) is 4.41. The molecule has 0 radical (unpaired) electrons. The summed E-state index contributed by atoms with van der Waals surface area (Å²) >= 11 is 0. The Labute approximate surface area is 115 Å². The van der Waals surface area contributed by atoms with E-state index in [1.165, 1.54) is 6.42 Å². The van der Waals surface area contributed by atoms with Gasteiger partial charge in [-0.25, -0.2) is 0 Å². The van der Waals surface area contributed by atoms with Crippen LogP contribution in [0.25, 0.3) is 0 Å². The van der Waals surface area contributed by atoms with E-state index in [0.717, 1.165) is 52.0 Å². The molecule has 2 atom stereocenters. The molecule has 0 aromatic heterocycles. The molecule has 5 nitrogen and oxygen atoms in total. The normalized spacial score (nSPS) is 29.1. The van der Waals surface area contributed by atoms with Crippen molar-refractivity contribution in [2.75, 3.05) is 45.9 Å². The molecule has 1 amide bonds. The zero-order chi connectivity index (χ0) is 13.5. The predicted octanol–water partition coefficient (Wildman–Crippen LogP) is -0.193. The first-order chi connectivity index (χ1) is 9.29. The summed E-state index contributed by atoms with van der Waals surface area (Å²) < 4.78 is 0. The molecule has 1 aliphatic heterocycles. The van der Waals surface area contributed by atoms with Gasteiger partial charge in [0.05, 0.1) is 6.54 Å². The highest BCUT2D eigenvalue weighted by molar-refractivity contribution is 5.78. The largest absolute Gasteiger partial charge is 0.396 e. The Morgan fingerprint density at radius 1 is 1.21 bits per heavy atom. The Hall–Kier alpha value is -0.650. The molecule has 2 unspecified atom stereocenters. The minimum absolute atomic E-state index is 0.130. The molecule has 0 spiro atoms. The van der Waals surface area contributed by atoms with Gasteiger partial charge in [0, 0.05) is 26.2 Å². The molecular formula is C14H27N3O2. The van der Waals surface area contributed by atoms with Crippen LogP contribution in [-0.4, -0.2) is 61.8 Å². The molecule has 0 aromatic carbocycles. The number of carbonyl (C=O) groups excluding carboxylic acids is 1. The van der Waals surface area contributed by atoms with Gasteiger partial charge in [0.25, 0.3) is 0 Å². The Balaban J connectivity index is 1.66. The third-order valence-corrected chi connectivity index (χ3v) is 4.41. The molecule has 1 heterocycles. The maximum atomic E-state index is 11.9. The summed E-state index contributed by atoms with van der Waals surface area (Å²) in [5.74, 6) is 0.993. The fourth-order valence-electron chi connectivity index (χ4n) is 3.19. The lowest BCUT2D eigenvalue weighted by Gasteiger charge is -2.21. The van der Waals surface area contributed by atoms with Crippen molar-refractivity contribution in [2.45, 2.75) is 25.7 Å². The standard InChI is InChI=1S/C14H27N3O2/c18-11-13-4-1-3-12(13)9-16-14(19)10-17-7-2-5-15-6-8-17/h12-13,15,18H,1-11H2,(H,16,19). The van der Waals surface area contributed by atoms with E-state index in [1.54, 1.807) is 0 Å². The fraction of sp³-hybridized carbons (Fsp3) is 0.929. The molecule has 2 rings (SSSR count). The van der Waals surface area contributed by atoms with Crippen LogP contribution in [0.4, 0.5) is 0 Å². The summed E-state index contributed by atoms with van der Waals surface area (Å²) in [4.78, 5) is 14.2. The van der Waals surface area contributed by atoms with Crippen LogP contribution in [0.5, 0.6) is 0 Å². The van der Waals surface area contributed by atoms with E-state index < -0.39 is 0 Å². The molecule has 0 bridgehead atoms. The van der Waals surface area contributed by atoms with Gasteiger partial charge in [-0.05, 0) is 44.2 Å². The van der Waals surface area contributed by atoms with Crippen molar-refractivity contribution in [1.29, 1.82) is 0 Å². The first-order valence-corrected chi connectivity index (χ1v) is 7.60. The topological polar surface area (TPSA) is 64.6 Å². The van der Waals surface area contributed by atoms with Gasteiger partial charge in [-0.1, -0.05) is 6.42 Å². The van der Waals surface area contributed by atoms with Crippen LogP contribution in [0, 0.1) is 11.8 Å². The summed E-state index contributed by atoms with van der Waals surface area (Å²) in [7, 11) is 0. The average molecular weight is 269 g/mol. The monoisotopic (exact) mass is 269 g/mol. The van der Waals surface area contributed by atoms with Crippen LogP contribution < -0.4 is 10.6 Å². The van der Waals surface area contributed by atoms with Gasteiger partial charge >= 0.3 is 0 Å². The summed E-state index contributed by atoms with van der Waals surface area (Å²) in [6, 6.07) is 0. The van der Waals surface area contributed by atoms with E-state index in [0.29, 0.717) is 18.4 Å². The highest BCUT2D eigenvalue weighted by Crippen LogP contribution is 2.30. The van der Waals surface area contributed by atoms with Gasteiger partial charge in [0.2, 0.25) is 5.91 Å². The highest BCUT2D eigenvalue weighted by atomic mass is 16.3. The molecule has 2 aliphatic rings. The van der Waals surface area contributed by atoms with Crippen LogP contribution in [0.15, 0.2) is 0 Å². The molecular weight excluding hydrogens is 242 g/mol. The maximum absolute atomic E-state index is 11.9. The fourth-order valence-corrected chi connectivity index (χ4v) is 3.19. The van der Waals surface area contributed by atoms with Crippen LogP contribution in [0.1, 0.15) is 25.7 Å². The van der Waals surface area contributed by atoms with Crippen molar-refractivity contribution in [1.82, 2.24) is 15.5 Å². The Kier molecular flexibility index (Phi) is 6.07. The Bertz CT molecular complexity index is 278. The second-order valence-electron chi connectivity index (χ2n) is 5.82. The zero-order valence-corrected chi connectivity index (χ0v) is 11.7. The van der Waals surface area contributed by atoms with Crippen LogP contribution in [0.3, 0.4) is 0 Å². The van der Waals surface area contributed by atoms with E-state index in [9.17, 15) is 9.90 Å². The number of carbonyl (C=O) groups is 1. The smallest absolute Gasteiger partial charge is 0.234 e. The maximum Gasteiger partial charge on any atom is 0.234 e. The van der Waals surface area contributed by atoms with E-state index in [4.69, 9.17) is 0 Å². The van der Waals surface area contributed by atoms with E-state index in [-0.39, 0.29) is 12.5 Å². The van der Waals surface area contributed by atoms with E-state index >= 15 is 0 Å². The molecule has 1 aliphatic carbocycles. The predicted molar refractivity (Wildman–Crippen MR) is 74.9 cm³/mol. The number of hydrogen-bond donors (Lipinski definition) is 3. The summed E-state index contributed by atoms with van der Waals surface area (Å²) in [6.45, 7) is 5.49. The third kappa shape index (κ3) is 4.75. The van der Waals surface area contributed by atoms with Crippen molar-refractivity contribution in [3.8, 4) is 0 Å². The van der Waals surface area contributed by atoms with Gasteiger partial charge < -0.3 is 15.7 Å². The first-order valence-electron chi connectivity index (χ1n) is 7.60. The number of nitrogens with one attached hydrogen (secondary N) is 2. The molecule has 1 saturated heterocycles. The molecule has 3 N–H and O–H groups in total. The van der Waals surface area contributed by atoms with Crippen molar-refractivity contribution in [3.63, 3.8) is 0 Å². The van der Waals surface area contributed by atoms with Gasteiger partial charge in [-0.3, -0.25) is 9.69 Å². The minimum atomic E-state index is 0.130. The minimum Gasteiger partial charge on any atom is -0.396 e. The SMILES string of the molecule is O=C(CN1CCCNCC1)NCC1CCCC1CO. The number of rotatable bonds is 5. The average Bonchev–Trinajstić information content (AvgIpc) is 2.72. The van der Waals surface area contributed by atoms with Gasteiger partial charge in [0.15, 0.2) is 0 Å². The van der Waals surface area contributed by atoms with Crippen molar-refractivity contribution >= 4 is 5.91 Å². The van der Waals surface area contributed by atoms with E-state index in [1.807, 2.05) is 0 Å². The second kappa shape index (κ2) is 7.82. The van der Waals surface area contributed by atoms with Gasteiger partial charge in [-0.15, -0.1) is 0 Å². The summed E-state index contributed by atoms with van der Waals surface area (Å²) in [6.07, 6.45) is 4.54. The first kappa shape index (κ1) is 14.8. The van der Waals surface area contributed by atoms with Crippen molar-refractivity contribution in [3.05, 3.63) is 0 Å². The number of aliphatic hydroxyl groups is 1. The van der Waals surface area contributed by atoms with Crippen LogP contribution >= 0.6 is 0 Å². The number of nitrogens with zero attached hydrogens (tertiary/aromatic N) is 1. The van der Waals surface area contributed by atoms with Gasteiger partial charge in [-0.2, -0.15) is 0 Å². The molecule has 19 heavy (non-hydrogen) atoms. The number of aliphatic hydroxyl groups excluding tert-OH is 1. The molecule has 1 saturated carbocycles. The summed E-state index contributed by atoms with van der Waals surface area (Å²) in [5, 5.41) is 15.7. The summed E-state index contributed by atoms with van der Waals surface area (Å²) in [5.41, 5.74) is 0. The highest BCUT2D eigenvalue weighted by Gasteiger charge is 2.26. The Morgan fingerprint density at radius 2 is 2.05 bits per heavy atom. The molecule has 2 fully saturated rings. The van der Waals surface area contributed by atoms with E-state index in [2.05, 4.69) is 15.5 Å². The Morgan fingerprint density at radius 3 is 2.89 bits per heavy atom. The van der Waals surface area contributed by atoms with Crippen LogP contribution in [0.2, 0.25) is 0 Å². The van der Waals surface area contributed by atoms with Crippen molar-refractivity contribution < 1.29 is 9.90 Å². The lowest BCUT2D eigenvalue weighted by Crippen LogP contribution is -2.41. The lowest BCUT2D eigenvalue weighted by molar-refractivity contribution is -0.122. The number of amides is 1.